The molecule has 1 aliphatic carbocycles. The van der Waals surface area contributed by atoms with Crippen molar-refractivity contribution in [3.05, 3.63) is 29.0 Å². The minimum Gasteiger partial charge on any atom is -0.296 e. The zero-order valence-corrected chi connectivity index (χ0v) is 13.7. The van der Waals surface area contributed by atoms with Crippen LogP contribution in [-0.2, 0) is 0 Å². The van der Waals surface area contributed by atoms with Gasteiger partial charge in [-0.15, -0.1) is 10.2 Å². The number of nitrogens with zero attached hydrogens (tertiary/aromatic N) is 5. The summed E-state index contributed by atoms with van der Waals surface area (Å²) >= 11 is 1.29. The number of nitrogens with one attached hydrogen (secondary N) is 1. The second kappa shape index (κ2) is 5.38. The molecule has 1 aliphatic rings. The average Bonchev–Trinajstić information content (AvgIpc) is 3.08. The van der Waals surface area contributed by atoms with Crippen molar-refractivity contribution in [3.63, 3.8) is 0 Å². The molecule has 1 saturated carbocycles. The van der Waals surface area contributed by atoms with E-state index in [0.717, 1.165) is 29.6 Å². The molecule has 1 amide bonds. The van der Waals surface area contributed by atoms with E-state index in [-0.39, 0.29) is 11.9 Å². The first-order valence-corrected chi connectivity index (χ1v) is 8.47. The van der Waals surface area contributed by atoms with Gasteiger partial charge in [-0.05, 0) is 32.8 Å². The van der Waals surface area contributed by atoms with E-state index >= 15 is 0 Å². The van der Waals surface area contributed by atoms with Crippen molar-refractivity contribution in [1.82, 2.24) is 25.0 Å². The maximum atomic E-state index is 12.7. The van der Waals surface area contributed by atoms with Gasteiger partial charge in [-0.1, -0.05) is 11.3 Å². The summed E-state index contributed by atoms with van der Waals surface area (Å²) in [5.41, 5.74) is 3.93. The van der Waals surface area contributed by atoms with E-state index in [1.807, 2.05) is 10.7 Å². The van der Waals surface area contributed by atoms with Crippen LogP contribution in [0.2, 0.25) is 0 Å². The highest BCUT2D eigenvalue weighted by molar-refractivity contribution is 7.13. The third-order valence-electron chi connectivity index (χ3n) is 3.90. The molecule has 23 heavy (non-hydrogen) atoms. The van der Waals surface area contributed by atoms with Crippen LogP contribution in [0.15, 0.2) is 17.8 Å². The summed E-state index contributed by atoms with van der Waals surface area (Å²) < 4.78 is 1.86. The van der Waals surface area contributed by atoms with Crippen molar-refractivity contribution >= 4 is 33.4 Å². The zero-order valence-electron chi connectivity index (χ0n) is 12.9. The monoisotopic (exact) mass is 328 g/mol. The summed E-state index contributed by atoms with van der Waals surface area (Å²) in [5.74, 6) is 0.266. The Labute approximate surface area is 136 Å². The number of hydrogen-bond acceptors (Lipinski definition) is 6. The molecular formula is C15H16N6OS. The number of carbonyl (C=O) groups is 1. The van der Waals surface area contributed by atoms with Gasteiger partial charge in [0.1, 0.15) is 5.51 Å². The Morgan fingerprint density at radius 1 is 1.43 bits per heavy atom. The number of amides is 1. The molecule has 3 aromatic rings. The topological polar surface area (TPSA) is 85.6 Å². The Bertz CT molecular complexity index is 866. The fraction of sp³-hybridized carbons (Fsp3) is 0.400. The van der Waals surface area contributed by atoms with Crippen molar-refractivity contribution in [2.75, 3.05) is 5.32 Å². The Kier molecular flexibility index (Phi) is 3.33. The molecule has 0 spiro atoms. The van der Waals surface area contributed by atoms with Crippen LogP contribution in [0.3, 0.4) is 0 Å². The summed E-state index contributed by atoms with van der Waals surface area (Å²) in [5, 5.41) is 16.1. The lowest BCUT2D eigenvalue weighted by molar-refractivity contribution is 0.102. The summed E-state index contributed by atoms with van der Waals surface area (Å²) in [6.45, 7) is 4.11. The van der Waals surface area contributed by atoms with Gasteiger partial charge in [0.2, 0.25) is 5.13 Å². The Morgan fingerprint density at radius 3 is 2.91 bits per heavy atom. The molecule has 0 bridgehead atoms. The predicted octanol–water partition coefficient (Wildman–Crippen LogP) is 2.99. The number of aromatic nitrogens is 5. The van der Waals surface area contributed by atoms with Crippen LogP contribution in [0, 0.1) is 0 Å². The highest BCUT2D eigenvalue weighted by Crippen LogP contribution is 2.40. The molecule has 0 saturated heterocycles. The molecule has 0 radical (unpaired) electrons. The fourth-order valence-electron chi connectivity index (χ4n) is 2.58. The van der Waals surface area contributed by atoms with E-state index in [0.29, 0.717) is 16.6 Å². The highest BCUT2D eigenvalue weighted by Gasteiger charge is 2.28. The molecule has 3 aromatic heterocycles. The quantitative estimate of drug-likeness (QED) is 0.795. The Morgan fingerprint density at radius 2 is 2.26 bits per heavy atom. The fourth-order valence-corrected chi connectivity index (χ4v) is 3.02. The number of fused-ring (bicyclic) bond motifs is 1. The summed E-state index contributed by atoms with van der Waals surface area (Å²) in [4.78, 5) is 17.4. The summed E-state index contributed by atoms with van der Waals surface area (Å²) in [6, 6.07) is 2.08. The van der Waals surface area contributed by atoms with Gasteiger partial charge in [0.25, 0.3) is 5.91 Å². The molecule has 0 atom stereocenters. The summed E-state index contributed by atoms with van der Waals surface area (Å²) in [7, 11) is 0. The van der Waals surface area contributed by atoms with Crippen LogP contribution < -0.4 is 5.32 Å². The zero-order chi connectivity index (χ0) is 16.0. The largest absolute Gasteiger partial charge is 0.296 e. The van der Waals surface area contributed by atoms with E-state index in [4.69, 9.17) is 4.98 Å². The molecule has 3 heterocycles. The SMILES string of the molecule is CC(C)n1ncc2c(C(=O)Nc3nncs3)cc(C3CC3)nc21. The van der Waals surface area contributed by atoms with Crippen LogP contribution in [0.5, 0.6) is 0 Å². The molecule has 1 N–H and O–H groups in total. The minimum absolute atomic E-state index is 0.188. The number of anilines is 1. The number of hydrogen-bond donors (Lipinski definition) is 1. The molecule has 0 aliphatic heterocycles. The van der Waals surface area contributed by atoms with Gasteiger partial charge in [-0.3, -0.25) is 10.1 Å². The van der Waals surface area contributed by atoms with E-state index < -0.39 is 0 Å². The molecular weight excluding hydrogens is 312 g/mol. The van der Waals surface area contributed by atoms with Gasteiger partial charge < -0.3 is 0 Å². The van der Waals surface area contributed by atoms with Crippen LogP contribution in [-0.4, -0.2) is 30.9 Å². The lowest BCUT2D eigenvalue weighted by atomic mass is 10.1. The number of pyridine rings is 1. The maximum absolute atomic E-state index is 12.7. The minimum atomic E-state index is -0.195. The van der Waals surface area contributed by atoms with Gasteiger partial charge in [-0.2, -0.15) is 5.10 Å². The van der Waals surface area contributed by atoms with Crippen molar-refractivity contribution in [3.8, 4) is 0 Å². The highest BCUT2D eigenvalue weighted by atomic mass is 32.1. The normalized spacial score (nSPS) is 14.6. The molecule has 4 rings (SSSR count). The maximum Gasteiger partial charge on any atom is 0.258 e. The van der Waals surface area contributed by atoms with Gasteiger partial charge >= 0.3 is 0 Å². The molecule has 0 unspecified atom stereocenters. The lowest BCUT2D eigenvalue weighted by Crippen LogP contribution is -2.13. The number of carbonyl (C=O) groups excluding carboxylic acids is 1. The van der Waals surface area contributed by atoms with Gasteiger partial charge in [0.05, 0.1) is 17.1 Å². The van der Waals surface area contributed by atoms with Crippen molar-refractivity contribution in [2.24, 2.45) is 0 Å². The molecule has 118 valence electrons. The standard InChI is InChI=1S/C15H16N6OS/c1-8(2)21-13-11(6-17-21)10(5-12(18-13)9-3-4-9)14(22)19-15-20-16-7-23-15/h5-9H,3-4H2,1-2H3,(H,19,20,22). The van der Waals surface area contributed by atoms with Gasteiger partial charge in [0, 0.05) is 17.7 Å². The lowest BCUT2D eigenvalue weighted by Gasteiger charge is -2.09. The van der Waals surface area contributed by atoms with E-state index in [9.17, 15) is 4.79 Å². The van der Waals surface area contributed by atoms with E-state index in [1.54, 1.807) is 11.7 Å². The smallest absolute Gasteiger partial charge is 0.258 e. The van der Waals surface area contributed by atoms with Gasteiger partial charge in [0.15, 0.2) is 5.65 Å². The molecule has 8 heteroatoms. The average molecular weight is 328 g/mol. The second-order valence-electron chi connectivity index (χ2n) is 5.99. The molecule has 7 nitrogen and oxygen atoms in total. The first-order valence-electron chi connectivity index (χ1n) is 7.59. The third-order valence-corrected chi connectivity index (χ3v) is 4.50. The van der Waals surface area contributed by atoms with E-state index in [2.05, 4.69) is 34.5 Å². The van der Waals surface area contributed by atoms with Crippen molar-refractivity contribution < 1.29 is 4.79 Å². The Hall–Kier alpha value is -2.35. The number of rotatable bonds is 4. The van der Waals surface area contributed by atoms with Crippen LogP contribution in [0.4, 0.5) is 5.13 Å². The third kappa shape index (κ3) is 2.59. The van der Waals surface area contributed by atoms with Gasteiger partial charge in [-0.25, -0.2) is 9.67 Å². The molecule has 1 fully saturated rings. The second-order valence-corrected chi connectivity index (χ2v) is 6.82. The molecule has 0 aromatic carbocycles. The van der Waals surface area contributed by atoms with Crippen LogP contribution in [0.25, 0.3) is 11.0 Å². The van der Waals surface area contributed by atoms with Crippen molar-refractivity contribution in [1.29, 1.82) is 0 Å². The first kappa shape index (κ1) is 14.3. The first-order chi connectivity index (χ1) is 11.1. The predicted molar refractivity (Wildman–Crippen MR) is 87.8 cm³/mol. The van der Waals surface area contributed by atoms with E-state index in [1.165, 1.54) is 11.3 Å². The van der Waals surface area contributed by atoms with Crippen molar-refractivity contribution in [2.45, 2.75) is 38.6 Å². The summed E-state index contributed by atoms with van der Waals surface area (Å²) in [6.07, 6.45) is 3.98. The Balaban J connectivity index is 1.82. The van der Waals surface area contributed by atoms with Crippen LogP contribution in [0.1, 0.15) is 54.7 Å². The van der Waals surface area contributed by atoms with Crippen LogP contribution >= 0.6 is 11.3 Å².